The van der Waals surface area contributed by atoms with Crippen LogP contribution in [-0.4, -0.2) is 17.0 Å². The zero-order valence-corrected chi connectivity index (χ0v) is 14.5. The van der Waals surface area contributed by atoms with Gasteiger partial charge in [-0.15, -0.1) is 0 Å². The number of carboxylic acid groups (broad SMARTS) is 1. The van der Waals surface area contributed by atoms with Crippen LogP contribution in [0.1, 0.15) is 43.2 Å². The predicted octanol–water partition coefficient (Wildman–Crippen LogP) is 5.25. The Morgan fingerprint density at radius 3 is 2.00 bits per heavy atom. The second kappa shape index (κ2) is 8.24. The Kier molecular flexibility index (Phi) is 6.41. The van der Waals surface area contributed by atoms with E-state index >= 15 is 0 Å². The lowest BCUT2D eigenvalue weighted by molar-refractivity contribution is -0.143. The SMILES string of the molecule is O=C(O)C[C@@H](C(=O)Nc1cc(C(F)(F)F)cc(C(F)(F)F)c1)C1=CCCCC1. The Balaban J connectivity index is 2.36. The molecule has 0 fully saturated rings. The predicted molar refractivity (Wildman–Crippen MR) is 87.4 cm³/mol. The van der Waals surface area contributed by atoms with Crippen molar-refractivity contribution in [2.24, 2.45) is 5.92 Å². The van der Waals surface area contributed by atoms with Crippen LogP contribution in [0, 0.1) is 5.92 Å². The molecule has 28 heavy (non-hydrogen) atoms. The summed E-state index contributed by atoms with van der Waals surface area (Å²) in [5.41, 5.74) is -3.30. The third-order valence-electron chi connectivity index (χ3n) is 4.32. The van der Waals surface area contributed by atoms with Gasteiger partial charge >= 0.3 is 18.3 Å². The smallest absolute Gasteiger partial charge is 0.416 e. The van der Waals surface area contributed by atoms with Gasteiger partial charge < -0.3 is 10.4 Å². The minimum atomic E-state index is -5.05. The van der Waals surface area contributed by atoms with Crippen molar-refractivity contribution < 1.29 is 41.0 Å². The van der Waals surface area contributed by atoms with Crippen LogP contribution in [0.4, 0.5) is 32.0 Å². The van der Waals surface area contributed by atoms with E-state index in [2.05, 4.69) is 0 Å². The topological polar surface area (TPSA) is 66.4 Å². The maximum absolute atomic E-state index is 12.9. The molecule has 0 heterocycles. The van der Waals surface area contributed by atoms with E-state index < -0.39 is 53.4 Å². The Bertz CT molecular complexity index is 750. The molecule has 1 amide bonds. The van der Waals surface area contributed by atoms with Crippen LogP contribution in [0.3, 0.4) is 0 Å². The first-order valence-corrected chi connectivity index (χ1v) is 8.39. The number of hydrogen-bond acceptors (Lipinski definition) is 2. The summed E-state index contributed by atoms with van der Waals surface area (Å²) >= 11 is 0. The molecule has 1 aromatic rings. The van der Waals surface area contributed by atoms with Gasteiger partial charge in [0.15, 0.2) is 0 Å². The number of hydrogen-bond donors (Lipinski definition) is 2. The molecule has 0 spiro atoms. The lowest BCUT2D eigenvalue weighted by atomic mass is 9.86. The molecule has 154 valence electrons. The summed E-state index contributed by atoms with van der Waals surface area (Å²) in [6, 6.07) is 0.731. The number of carbonyl (C=O) groups is 2. The molecule has 10 heteroatoms. The molecule has 0 aliphatic heterocycles. The van der Waals surface area contributed by atoms with Gasteiger partial charge in [0.05, 0.1) is 23.5 Å². The zero-order valence-electron chi connectivity index (χ0n) is 14.5. The molecule has 1 aromatic carbocycles. The molecular formula is C18H17F6NO3. The van der Waals surface area contributed by atoms with E-state index in [0.717, 1.165) is 12.8 Å². The normalized spacial score (nSPS) is 16.3. The van der Waals surface area contributed by atoms with Crippen molar-refractivity contribution in [1.82, 2.24) is 0 Å². The largest absolute Gasteiger partial charge is 0.481 e. The van der Waals surface area contributed by atoms with Crippen LogP contribution < -0.4 is 5.32 Å². The van der Waals surface area contributed by atoms with Crippen molar-refractivity contribution in [3.8, 4) is 0 Å². The molecule has 1 atom stereocenters. The van der Waals surface area contributed by atoms with Crippen molar-refractivity contribution >= 4 is 17.6 Å². The second-order valence-electron chi connectivity index (χ2n) is 6.46. The van der Waals surface area contributed by atoms with Crippen molar-refractivity contribution in [3.63, 3.8) is 0 Å². The highest BCUT2D eigenvalue weighted by Crippen LogP contribution is 2.38. The van der Waals surface area contributed by atoms with Crippen LogP contribution in [0.5, 0.6) is 0 Å². The minimum Gasteiger partial charge on any atom is -0.481 e. The van der Waals surface area contributed by atoms with Gasteiger partial charge in [0, 0.05) is 5.69 Å². The average molecular weight is 409 g/mol. The number of anilines is 1. The highest BCUT2D eigenvalue weighted by atomic mass is 19.4. The third kappa shape index (κ3) is 5.74. The number of alkyl halides is 6. The first kappa shape index (κ1) is 21.8. The summed E-state index contributed by atoms with van der Waals surface area (Å²) in [5.74, 6) is -3.42. The number of allylic oxidation sites excluding steroid dienone is 1. The fourth-order valence-electron chi connectivity index (χ4n) is 3.00. The summed E-state index contributed by atoms with van der Waals surface area (Å²) in [6.45, 7) is 0. The fourth-order valence-corrected chi connectivity index (χ4v) is 3.00. The van der Waals surface area contributed by atoms with Crippen molar-refractivity contribution in [3.05, 3.63) is 41.0 Å². The van der Waals surface area contributed by atoms with Gasteiger partial charge in [0.2, 0.25) is 5.91 Å². The van der Waals surface area contributed by atoms with Crippen LogP contribution in [0.15, 0.2) is 29.8 Å². The number of benzene rings is 1. The molecular weight excluding hydrogens is 392 g/mol. The van der Waals surface area contributed by atoms with E-state index in [1.54, 1.807) is 6.08 Å². The fraction of sp³-hybridized carbons (Fsp3) is 0.444. The molecule has 4 nitrogen and oxygen atoms in total. The first-order chi connectivity index (χ1) is 12.9. The minimum absolute atomic E-state index is 0.0476. The standard InChI is InChI=1S/C18H17F6NO3/c19-17(20,21)11-6-12(18(22,23)24)8-13(7-11)25-16(28)14(9-15(26)27)10-4-2-1-3-5-10/h4,6-8,14H,1-3,5,9H2,(H,25,28)(H,26,27)/t14-/m1/s1. The molecule has 1 aliphatic rings. The monoisotopic (exact) mass is 409 g/mol. The van der Waals surface area contributed by atoms with E-state index in [-0.39, 0.29) is 6.07 Å². The highest BCUT2D eigenvalue weighted by molar-refractivity contribution is 5.96. The van der Waals surface area contributed by atoms with E-state index in [4.69, 9.17) is 5.11 Å². The number of halogens is 6. The lowest BCUT2D eigenvalue weighted by Gasteiger charge is -2.22. The Morgan fingerprint density at radius 2 is 1.57 bits per heavy atom. The van der Waals surface area contributed by atoms with Gasteiger partial charge in [-0.05, 0) is 43.9 Å². The number of carboxylic acids is 1. The summed E-state index contributed by atoms with van der Waals surface area (Å²) < 4.78 is 77.6. The molecule has 1 aliphatic carbocycles. The van der Waals surface area contributed by atoms with E-state index in [1.165, 1.54) is 0 Å². The second-order valence-corrected chi connectivity index (χ2v) is 6.46. The van der Waals surface area contributed by atoms with E-state index in [9.17, 15) is 35.9 Å². The maximum atomic E-state index is 12.9. The van der Waals surface area contributed by atoms with Gasteiger partial charge in [-0.25, -0.2) is 0 Å². The number of carbonyl (C=O) groups excluding carboxylic acids is 1. The molecule has 0 saturated carbocycles. The third-order valence-corrected chi connectivity index (χ3v) is 4.32. The molecule has 2 rings (SSSR count). The summed E-state index contributed by atoms with van der Waals surface area (Å²) in [6.07, 6.45) is -6.36. The summed E-state index contributed by atoms with van der Waals surface area (Å²) in [7, 11) is 0. The van der Waals surface area contributed by atoms with Crippen LogP contribution in [0.25, 0.3) is 0 Å². The molecule has 0 unspecified atom stereocenters. The molecule has 0 radical (unpaired) electrons. The van der Waals surface area contributed by atoms with Gasteiger partial charge in [-0.3, -0.25) is 9.59 Å². The van der Waals surface area contributed by atoms with Gasteiger partial charge in [0.25, 0.3) is 0 Å². The quantitative estimate of drug-likeness (QED) is 0.515. The van der Waals surface area contributed by atoms with E-state index in [1.807, 2.05) is 5.32 Å². The van der Waals surface area contributed by atoms with Crippen molar-refractivity contribution in [2.45, 2.75) is 44.5 Å². The first-order valence-electron chi connectivity index (χ1n) is 8.39. The molecule has 2 N–H and O–H groups in total. The van der Waals surface area contributed by atoms with Gasteiger partial charge in [0.1, 0.15) is 0 Å². The van der Waals surface area contributed by atoms with Crippen molar-refractivity contribution in [1.29, 1.82) is 0 Å². The van der Waals surface area contributed by atoms with E-state index in [0.29, 0.717) is 30.5 Å². The van der Waals surface area contributed by atoms with Crippen LogP contribution in [0.2, 0.25) is 0 Å². The van der Waals surface area contributed by atoms with Gasteiger partial charge in [-0.1, -0.05) is 11.6 Å². The number of nitrogens with one attached hydrogen (secondary N) is 1. The summed E-state index contributed by atoms with van der Waals surface area (Å²) in [4.78, 5) is 23.6. The molecule has 0 saturated heterocycles. The number of amides is 1. The van der Waals surface area contributed by atoms with Gasteiger partial charge in [-0.2, -0.15) is 26.3 Å². The Labute approximate surface area is 156 Å². The molecule has 0 bridgehead atoms. The number of aliphatic carboxylic acids is 1. The zero-order chi connectivity index (χ0) is 21.1. The summed E-state index contributed by atoms with van der Waals surface area (Å²) in [5, 5.41) is 11.1. The number of rotatable bonds is 5. The van der Waals surface area contributed by atoms with Crippen LogP contribution >= 0.6 is 0 Å². The maximum Gasteiger partial charge on any atom is 0.416 e. The average Bonchev–Trinajstić information content (AvgIpc) is 2.58. The van der Waals surface area contributed by atoms with Crippen LogP contribution in [-0.2, 0) is 21.9 Å². The Hall–Kier alpha value is -2.52. The van der Waals surface area contributed by atoms with Crippen molar-refractivity contribution in [2.75, 3.05) is 5.32 Å². The highest BCUT2D eigenvalue weighted by Gasteiger charge is 2.37. The molecule has 0 aromatic heterocycles. The lowest BCUT2D eigenvalue weighted by Crippen LogP contribution is -2.28. The Morgan fingerprint density at radius 1 is 1.00 bits per heavy atom.